The second-order valence-corrected chi connectivity index (χ2v) is 6.83. The molecule has 1 aliphatic carbocycles. The Hall–Kier alpha value is -2.11. The highest BCUT2D eigenvalue weighted by atomic mass is 16.1. The minimum atomic E-state index is -0.159. The zero-order valence-corrected chi connectivity index (χ0v) is 14.5. The summed E-state index contributed by atoms with van der Waals surface area (Å²) in [5.74, 6) is 0.113. The number of amides is 1. The summed E-state index contributed by atoms with van der Waals surface area (Å²) < 4.78 is 1.70. The molecule has 2 heterocycles. The van der Waals surface area contributed by atoms with Crippen molar-refractivity contribution in [1.29, 1.82) is 0 Å². The molecule has 0 radical (unpaired) electrons. The molecule has 6 heteroatoms. The number of carbonyl (C=O) groups excluding carboxylic acids is 1. The summed E-state index contributed by atoms with van der Waals surface area (Å²) in [6.07, 6.45) is 8.28. The van der Waals surface area contributed by atoms with Crippen molar-refractivity contribution in [1.82, 2.24) is 19.9 Å². The monoisotopic (exact) mass is 330 g/mol. The van der Waals surface area contributed by atoms with E-state index in [0.29, 0.717) is 24.5 Å². The SMILES string of the molecule is Cc1nc2cc(=O)[nH]n2c(C)c1CCC(=O)NC1CCCCCC1. The van der Waals surface area contributed by atoms with Gasteiger partial charge in [-0.15, -0.1) is 0 Å². The lowest BCUT2D eigenvalue weighted by molar-refractivity contribution is -0.121. The van der Waals surface area contributed by atoms with E-state index in [2.05, 4.69) is 15.4 Å². The van der Waals surface area contributed by atoms with Gasteiger partial charge in [0.05, 0.1) is 0 Å². The van der Waals surface area contributed by atoms with Gasteiger partial charge in [0.1, 0.15) is 0 Å². The van der Waals surface area contributed by atoms with Crippen LogP contribution in [0, 0.1) is 13.8 Å². The Morgan fingerprint density at radius 2 is 2.00 bits per heavy atom. The van der Waals surface area contributed by atoms with E-state index < -0.39 is 0 Å². The van der Waals surface area contributed by atoms with Gasteiger partial charge in [-0.3, -0.25) is 14.7 Å². The highest BCUT2D eigenvalue weighted by molar-refractivity contribution is 5.76. The van der Waals surface area contributed by atoms with Gasteiger partial charge >= 0.3 is 0 Å². The Morgan fingerprint density at radius 3 is 2.71 bits per heavy atom. The Morgan fingerprint density at radius 1 is 1.29 bits per heavy atom. The average molecular weight is 330 g/mol. The lowest BCUT2D eigenvalue weighted by atomic mass is 10.1. The van der Waals surface area contributed by atoms with Crippen LogP contribution in [0.1, 0.15) is 61.9 Å². The summed E-state index contributed by atoms with van der Waals surface area (Å²) in [5, 5.41) is 5.94. The standard InChI is InChI=1S/C18H26N4O2/c1-12-15(13(2)22-16(19-12)11-18(24)21-22)9-10-17(23)20-14-7-5-3-4-6-8-14/h11,14H,3-10H2,1-2H3,(H,20,23)(H,21,24). The van der Waals surface area contributed by atoms with E-state index in [9.17, 15) is 9.59 Å². The van der Waals surface area contributed by atoms with Gasteiger partial charge in [0.2, 0.25) is 5.91 Å². The van der Waals surface area contributed by atoms with Crippen LogP contribution < -0.4 is 10.9 Å². The molecule has 0 aromatic carbocycles. The molecule has 1 amide bonds. The first-order valence-electron chi connectivity index (χ1n) is 8.92. The fraction of sp³-hybridized carbons (Fsp3) is 0.611. The second-order valence-electron chi connectivity index (χ2n) is 6.83. The maximum absolute atomic E-state index is 12.3. The van der Waals surface area contributed by atoms with Crippen LogP contribution in [0.4, 0.5) is 0 Å². The van der Waals surface area contributed by atoms with Crippen molar-refractivity contribution in [3.8, 4) is 0 Å². The van der Waals surface area contributed by atoms with Crippen molar-refractivity contribution >= 4 is 11.6 Å². The van der Waals surface area contributed by atoms with Crippen LogP contribution in [0.5, 0.6) is 0 Å². The Bertz CT molecular complexity index is 782. The average Bonchev–Trinajstić information content (AvgIpc) is 2.73. The first-order chi connectivity index (χ1) is 11.5. The van der Waals surface area contributed by atoms with Gasteiger partial charge in [-0.05, 0) is 38.7 Å². The van der Waals surface area contributed by atoms with Gasteiger partial charge < -0.3 is 5.32 Å². The highest BCUT2D eigenvalue weighted by Gasteiger charge is 2.16. The van der Waals surface area contributed by atoms with Crippen LogP contribution in [0.3, 0.4) is 0 Å². The minimum absolute atomic E-state index is 0.113. The Kier molecular flexibility index (Phi) is 5.02. The first-order valence-corrected chi connectivity index (χ1v) is 8.92. The van der Waals surface area contributed by atoms with E-state index >= 15 is 0 Å². The lowest BCUT2D eigenvalue weighted by Gasteiger charge is -2.17. The smallest absolute Gasteiger partial charge is 0.266 e. The van der Waals surface area contributed by atoms with E-state index in [1.54, 1.807) is 4.52 Å². The van der Waals surface area contributed by atoms with Crippen LogP contribution in [0.2, 0.25) is 0 Å². The largest absolute Gasteiger partial charge is 0.353 e. The Labute approximate surface area is 141 Å². The summed E-state index contributed by atoms with van der Waals surface area (Å²) in [4.78, 5) is 28.3. The van der Waals surface area contributed by atoms with Crippen molar-refractivity contribution < 1.29 is 4.79 Å². The number of H-pyrrole nitrogens is 1. The van der Waals surface area contributed by atoms with Gasteiger partial charge in [-0.1, -0.05) is 25.7 Å². The van der Waals surface area contributed by atoms with E-state index in [0.717, 1.165) is 29.8 Å². The number of fused-ring (bicyclic) bond motifs is 1. The van der Waals surface area contributed by atoms with Crippen molar-refractivity contribution in [2.75, 3.05) is 0 Å². The molecule has 2 N–H and O–H groups in total. The van der Waals surface area contributed by atoms with E-state index in [4.69, 9.17) is 0 Å². The van der Waals surface area contributed by atoms with Crippen LogP contribution in [-0.2, 0) is 11.2 Å². The molecule has 0 bridgehead atoms. The predicted molar refractivity (Wildman–Crippen MR) is 93.2 cm³/mol. The van der Waals surface area contributed by atoms with Crippen molar-refractivity contribution in [3.63, 3.8) is 0 Å². The molecule has 130 valence electrons. The molecule has 0 aliphatic heterocycles. The fourth-order valence-corrected chi connectivity index (χ4v) is 3.68. The number of carbonyl (C=O) groups is 1. The normalized spacial score (nSPS) is 16.2. The van der Waals surface area contributed by atoms with E-state index in [-0.39, 0.29) is 11.5 Å². The zero-order chi connectivity index (χ0) is 17.1. The van der Waals surface area contributed by atoms with E-state index in [1.165, 1.54) is 31.7 Å². The van der Waals surface area contributed by atoms with Crippen LogP contribution >= 0.6 is 0 Å². The third-order valence-corrected chi connectivity index (χ3v) is 5.02. The number of hydrogen-bond donors (Lipinski definition) is 2. The molecule has 1 aliphatic rings. The van der Waals surface area contributed by atoms with Crippen molar-refractivity contribution in [2.45, 2.75) is 71.3 Å². The molecule has 6 nitrogen and oxygen atoms in total. The molecule has 2 aromatic heterocycles. The molecular weight excluding hydrogens is 304 g/mol. The van der Waals surface area contributed by atoms with Gasteiger partial charge in [0.25, 0.3) is 5.56 Å². The first kappa shape index (κ1) is 16.7. The molecule has 2 aromatic rings. The molecular formula is C18H26N4O2. The number of nitrogens with zero attached hydrogens (tertiary/aromatic N) is 2. The molecule has 3 rings (SSSR count). The number of nitrogens with one attached hydrogen (secondary N) is 2. The number of aromatic nitrogens is 3. The molecule has 0 saturated heterocycles. The van der Waals surface area contributed by atoms with Gasteiger partial charge in [-0.2, -0.15) is 0 Å². The van der Waals surface area contributed by atoms with Crippen molar-refractivity contribution in [2.24, 2.45) is 0 Å². The number of rotatable bonds is 4. The molecule has 24 heavy (non-hydrogen) atoms. The maximum atomic E-state index is 12.3. The van der Waals surface area contributed by atoms with Crippen LogP contribution in [0.25, 0.3) is 5.65 Å². The molecule has 1 fully saturated rings. The third-order valence-electron chi connectivity index (χ3n) is 5.02. The highest BCUT2D eigenvalue weighted by Crippen LogP contribution is 2.18. The fourth-order valence-electron chi connectivity index (χ4n) is 3.68. The maximum Gasteiger partial charge on any atom is 0.266 e. The number of aromatic amines is 1. The van der Waals surface area contributed by atoms with Gasteiger partial charge in [0, 0.05) is 29.9 Å². The van der Waals surface area contributed by atoms with Gasteiger partial charge in [-0.25, -0.2) is 9.50 Å². The van der Waals surface area contributed by atoms with Crippen LogP contribution in [-0.4, -0.2) is 26.5 Å². The molecule has 1 saturated carbocycles. The lowest BCUT2D eigenvalue weighted by Crippen LogP contribution is -2.34. The molecule has 0 atom stereocenters. The number of aryl methyl sites for hydroxylation is 2. The second kappa shape index (κ2) is 7.20. The number of hydrogen-bond acceptors (Lipinski definition) is 3. The van der Waals surface area contributed by atoms with Gasteiger partial charge in [0.15, 0.2) is 5.65 Å². The van der Waals surface area contributed by atoms with Crippen molar-refractivity contribution in [3.05, 3.63) is 33.4 Å². The molecule has 0 unspecified atom stereocenters. The summed E-state index contributed by atoms with van der Waals surface area (Å²) in [6, 6.07) is 1.83. The summed E-state index contributed by atoms with van der Waals surface area (Å²) >= 11 is 0. The van der Waals surface area contributed by atoms with Crippen LogP contribution in [0.15, 0.2) is 10.9 Å². The quantitative estimate of drug-likeness (QED) is 0.845. The Balaban J connectivity index is 1.66. The minimum Gasteiger partial charge on any atom is -0.353 e. The molecule has 0 spiro atoms. The summed E-state index contributed by atoms with van der Waals surface area (Å²) in [5.41, 5.74) is 3.33. The third kappa shape index (κ3) is 3.68. The summed E-state index contributed by atoms with van der Waals surface area (Å²) in [6.45, 7) is 3.89. The van der Waals surface area contributed by atoms with E-state index in [1.807, 2.05) is 13.8 Å². The topological polar surface area (TPSA) is 79.3 Å². The summed E-state index contributed by atoms with van der Waals surface area (Å²) in [7, 11) is 0. The predicted octanol–water partition coefficient (Wildman–Crippen LogP) is 2.41. The zero-order valence-electron chi connectivity index (χ0n) is 14.5.